The van der Waals surface area contributed by atoms with Gasteiger partial charge in [-0.15, -0.1) is 0 Å². The van der Waals surface area contributed by atoms with E-state index in [4.69, 9.17) is 5.11 Å². The third-order valence-corrected chi connectivity index (χ3v) is 3.02. The van der Waals surface area contributed by atoms with Crippen LogP contribution in [-0.2, 0) is 4.79 Å². The fourth-order valence-corrected chi connectivity index (χ4v) is 2.03. The summed E-state index contributed by atoms with van der Waals surface area (Å²) in [5.74, 6) is -0.252. The molecule has 2 rings (SSSR count). The molecule has 0 amide bonds. The van der Waals surface area contributed by atoms with Crippen molar-refractivity contribution >= 4 is 23.6 Å². The Hall–Kier alpha value is -2.62. The molecule has 0 saturated heterocycles. The van der Waals surface area contributed by atoms with Crippen molar-refractivity contribution in [2.75, 3.05) is 11.9 Å². The van der Waals surface area contributed by atoms with E-state index in [0.29, 0.717) is 0 Å². The van der Waals surface area contributed by atoms with E-state index in [1.54, 1.807) is 18.3 Å². The maximum absolute atomic E-state index is 10.7. The summed E-state index contributed by atoms with van der Waals surface area (Å²) in [6, 6.07) is 11.6. The van der Waals surface area contributed by atoms with Gasteiger partial charge in [0.1, 0.15) is 5.82 Å². The summed E-state index contributed by atoms with van der Waals surface area (Å²) in [5, 5.41) is 8.74. The van der Waals surface area contributed by atoms with Gasteiger partial charge >= 0.3 is 5.97 Å². The third kappa shape index (κ3) is 3.03. The highest BCUT2D eigenvalue weighted by Crippen LogP contribution is 2.27. The molecule has 0 radical (unpaired) electrons. The average Bonchev–Trinajstić information content (AvgIpc) is 2.45. The van der Waals surface area contributed by atoms with Crippen molar-refractivity contribution in [3.8, 4) is 0 Å². The van der Waals surface area contributed by atoms with Crippen LogP contribution >= 0.6 is 0 Å². The first kappa shape index (κ1) is 13.8. The SMILES string of the molecule is Cc1ccccc1N(C)c1ncccc1/C=C/C(=O)O. The maximum atomic E-state index is 10.7. The number of para-hydroxylation sites is 1. The molecular formula is C16H16N2O2. The first-order valence-corrected chi connectivity index (χ1v) is 6.25. The van der Waals surface area contributed by atoms with Crippen molar-refractivity contribution in [3.05, 3.63) is 59.8 Å². The Morgan fingerprint density at radius 2 is 2.00 bits per heavy atom. The molecule has 1 heterocycles. The number of hydrogen-bond acceptors (Lipinski definition) is 3. The Kier molecular flexibility index (Phi) is 4.15. The molecule has 4 nitrogen and oxygen atoms in total. The van der Waals surface area contributed by atoms with Crippen LogP contribution in [0.4, 0.5) is 11.5 Å². The average molecular weight is 268 g/mol. The van der Waals surface area contributed by atoms with Gasteiger partial charge in [-0.3, -0.25) is 0 Å². The zero-order valence-electron chi connectivity index (χ0n) is 11.4. The van der Waals surface area contributed by atoms with Gasteiger partial charge in [0.2, 0.25) is 0 Å². The molecule has 0 bridgehead atoms. The van der Waals surface area contributed by atoms with E-state index in [1.165, 1.54) is 0 Å². The van der Waals surface area contributed by atoms with Crippen molar-refractivity contribution in [2.45, 2.75) is 6.92 Å². The number of carboxylic acids is 1. The van der Waals surface area contributed by atoms with Gasteiger partial charge < -0.3 is 10.0 Å². The van der Waals surface area contributed by atoms with Crippen LogP contribution in [0.5, 0.6) is 0 Å². The number of carboxylic acid groups (broad SMARTS) is 1. The molecule has 0 aliphatic heterocycles. The molecule has 0 spiro atoms. The molecule has 4 heteroatoms. The van der Waals surface area contributed by atoms with Gasteiger partial charge in [-0.1, -0.05) is 18.2 Å². The highest BCUT2D eigenvalue weighted by Gasteiger charge is 2.10. The lowest BCUT2D eigenvalue weighted by molar-refractivity contribution is -0.131. The molecule has 0 aliphatic rings. The number of aliphatic carboxylic acids is 1. The number of rotatable bonds is 4. The normalized spacial score (nSPS) is 10.7. The molecule has 2 aromatic rings. The summed E-state index contributed by atoms with van der Waals surface area (Å²) in [7, 11) is 1.92. The molecule has 20 heavy (non-hydrogen) atoms. The smallest absolute Gasteiger partial charge is 0.328 e. The minimum atomic E-state index is -0.974. The van der Waals surface area contributed by atoms with Crippen LogP contribution in [0.15, 0.2) is 48.7 Å². The van der Waals surface area contributed by atoms with Crippen molar-refractivity contribution < 1.29 is 9.90 Å². The fourth-order valence-electron chi connectivity index (χ4n) is 2.03. The highest BCUT2D eigenvalue weighted by molar-refractivity contribution is 5.87. The molecule has 0 atom stereocenters. The third-order valence-electron chi connectivity index (χ3n) is 3.02. The molecule has 0 aliphatic carbocycles. The Morgan fingerprint density at radius 1 is 1.25 bits per heavy atom. The quantitative estimate of drug-likeness (QED) is 0.865. The van der Waals surface area contributed by atoms with Gasteiger partial charge in [0, 0.05) is 30.6 Å². The predicted octanol–water partition coefficient (Wildman–Crippen LogP) is 3.26. The first-order chi connectivity index (χ1) is 9.59. The van der Waals surface area contributed by atoms with E-state index in [0.717, 1.165) is 28.7 Å². The highest BCUT2D eigenvalue weighted by atomic mass is 16.4. The van der Waals surface area contributed by atoms with Crippen LogP contribution in [0.25, 0.3) is 6.08 Å². The lowest BCUT2D eigenvalue weighted by Gasteiger charge is -2.22. The summed E-state index contributed by atoms with van der Waals surface area (Å²) in [5.41, 5.74) is 2.94. The summed E-state index contributed by atoms with van der Waals surface area (Å²) in [6.45, 7) is 2.03. The van der Waals surface area contributed by atoms with Crippen molar-refractivity contribution in [2.24, 2.45) is 0 Å². The molecule has 0 fully saturated rings. The fraction of sp³-hybridized carbons (Fsp3) is 0.125. The number of hydrogen-bond donors (Lipinski definition) is 1. The second-order valence-corrected chi connectivity index (χ2v) is 4.43. The number of aryl methyl sites for hydroxylation is 1. The zero-order valence-corrected chi connectivity index (χ0v) is 11.4. The Balaban J connectivity index is 2.42. The van der Waals surface area contributed by atoms with E-state index in [-0.39, 0.29) is 0 Å². The van der Waals surface area contributed by atoms with Crippen LogP contribution in [0.2, 0.25) is 0 Å². The monoisotopic (exact) mass is 268 g/mol. The molecule has 1 aromatic carbocycles. The first-order valence-electron chi connectivity index (χ1n) is 6.25. The number of aromatic nitrogens is 1. The number of pyridine rings is 1. The van der Waals surface area contributed by atoms with E-state index in [9.17, 15) is 4.79 Å². The topological polar surface area (TPSA) is 53.4 Å². The Morgan fingerprint density at radius 3 is 2.70 bits per heavy atom. The van der Waals surface area contributed by atoms with Crippen LogP contribution < -0.4 is 4.90 Å². The van der Waals surface area contributed by atoms with Gasteiger partial charge in [0.15, 0.2) is 0 Å². The molecule has 0 saturated carbocycles. The van der Waals surface area contributed by atoms with E-state index >= 15 is 0 Å². The predicted molar refractivity (Wildman–Crippen MR) is 80.1 cm³/mol. The van der Waals surface area contributed by atoms with E-state index in [1.807, 2.05) is 49.2 Å². The van der Waals surface area contributed by atoms with Crippen LogP contribution in [0, 0.1) is 6.92 Å². The molecule has 0 unspecified atom stereocenters. The van der Waals surface area contributed by atoms with Crippen molar-refractivity contribution in [3.63, 3.8) is 0 Å². The van der Waals surface area contributed by atoms with Crippen molar-refractivity contribution in [1.82, 2.24) is 4.98 Å². The van der Waals surface area contributed by atoms with E-state index < -0.39 is 5.97 Å². The zero-order chi connectivity index (χ0) is 14.5. The standard InChI is InChI=1S/C16H16N2O2/c1-12-6-3-4-8-14(12)18(2)16-13(7-5-11-17-16)9-10-15(19)20/h3-11H,1-2H3,(H,19,20)/b10-9+. The minimum Gasteiger partial charge on any atom is -0.478 e. The number of nitrogens with zero attached hydrogens (tertiary/aromatic N) is 2. The lowest BCUT2D eigenvalue weighted by Crippen LogP contribution is -2.13. The molecular weight excluding hydrogens is 252 g/mol. The van der Waals surface area contributed by atoms with Crippen LogP contribution in [-0.4, -0.2) is 23.1 Å². The van der Waals surface area contributed by atoms with Crippen molar-refractivity contribution in [1.29, 1.82) is 0 Å². The van der Waals surface area contributed by atoms with Crippen LogP contribution in [0.3, 0.4) is 0 Å². The summed E-state index contributed by atoms with van der Waals surface area (Å²) >= 11 is 0. The van der Waals surface area contributed by atoms with Gasteiger partial charge in [0.25, 0.3) is 0 Å². The number of carbonyl (C=O) groups is 1. The lowest BCUT2D eigenvalue weighted by atomic mass is 10.1. The number of benzene rings is 1. The second kappa shape index (κ2) is 6.02. The summed E-state index contributed by atoms with van der Waals surface area (Å²) < 4.78 is 0. The summed E-state index contributed by atoms with van der Waals surface area (Å²) in [4.78, 5) is 17.0. The second-order valence-electron chi connectivity index (χ2n) is 4.43. The largest absolute Gasteiger partial charge is 0.478 e. The maximum Gasteiger partial charge on any atom is 0.328 e. The molecule has 1 aromatic heterocycles. The Labute approximate surface area is 118 Å². The van der Waals surface area contributed by atoms with Crippen LogP contribution in [0.1, 0.15) is 11.1 Å². The van der Waals surface area contributed by atoms with Gasteiger partial charge in [-0.2, -0.15) is 0 Å². The molecule has 1 N–H and O–H groups in total. The van der Waals surface area contributed by atoms with Gasteiger partial charge in [0.05, 0.1) is 0 Å². The van der Waals surface area contributed by atoms with E-state index in [2.05, 4.69) is 4.98 Å². The minimum absolute atomic E-state index is 0.722. The Bertz CT molecular complexity index is 650. The van der Waals surface area contributed by atoms with Gasteiger partial charge in [-0.05, 0) is 36.8 Å². The number of anilines is 2. The molecule has 102 valence electrons. The van der Waals surface area contributed by atoms with Gasteiger partial charge in [-0.25, -0.2) is 9.78 Å². The summed E-state index contributed by atoms with van der Waals surface area (Å²) in [6.07, 6.45) is 4.37.